The van der Waals surface area contributed by atoms with Gasteiger partial charge in [0, 0.05) is 25.4 Å². The van der Waals surface area contributed by atoms with E-state index in [1.807, 2.05) is 30.3 Å². The largest absolute Gasteiger partial charge is 0.356 e. The zero-order valence-electron chi connectivity index (χ0n) is 10.7. The minimum atomic E-state index is 0.0840. The molecule has 1 aromatic carbocycles. The van der Waals surface area contributed by atoms with Crippen molar-refractivity contribution in [2.75, 3.05) is 6.54 Å². The topological polar surface area (TPSA) is 54.9 Å². The highest BCUT2D eigenvalue weighted by Gasteiger charge is 2.01. The van der Waals surface area contributed by atoms with Gasteiger partial charge in [-0.1, -0.05) is 30.3 Å². The first-order chi connectivity index (χ1) is 9.34. The van der Waals surface area contributed by atoms with Crippen molar-refractivity contribution in [3.05, 3.63) is 60.2 Å². The second-order valence-corrected chi connectivity index (χ2v) is 4.33. The number of nitrogens with zero attached hydrogens (tertiary/aromatic N) is 2. The molecule has 0 saturated heterocycles. The predicted octanol–water partition coefficient (Wildman–Crippen LogP) is 1.77. The highest BCUT2D eigenvalue weighted by atomic mass is 16.1. The summed E-state index contributed by atoms with van der Waals surface area (Å²) in [5.74, 6) is 0.0840. The zero-order valence-corrected chi connectivity index (χ0v) is 10.7. The summed E-state index contributed by atoms with van der Waals surface area (Å²) in [6.07, 6.45) is 7.10. The number of benzene rings is 1. The normalized spacial score (nSPS) is 10.1. The van der Waals surface area contributed by atoms with Crippen molar-refractivity contribution < 1.29 is 4.79 Å². The van der Waals surface area contributed by atoms with Crippen molar-refractivity contribution in [2.24, 2.45) is 0 Å². The minimum absolute atomic E-state index is 0.0840. The number of amides is 1. The number of aromatic nitrogens is 2. The second-order valence-electron chi connectivity index (χ2n) is 4.33. The maximum atomic E-state index is 11.7. The summed E-state index contributed by atoms with van der Waals surface area (Å²) in [7, 11) is 0. The molecule has 0 fully saturated rings. The van der Waals surface area contributed by atoms with Gasteiger partial charge in [0.25, 0.3) is 0 Å². The molecule has 0 spiro atoms. The molecule has 2 rings (SSSR count). The number of aryl methyl sites for hydroxylation is 1. The molecule has 4 heteroatoms. The second kappa shape index (κ2) is 7.26. The average Bonchev–Trinajstić information content (AvgIpc) is 2.47. The third-order valence-corrected chi connectivity index (χ3v) is 2.83. The van der Waals surface area contributed by atoms with Crippen LogP contribution < -0.4 is 5.32 Å². The molecule has 0 aliphatic carbocycles. The molecule has 0 bridgehead atoms. The highest BCUT2D eigenvalue weighted by molar-refractivity contribution is 5.76. The average molecular weight is 255 g/mol. The fraction of sp³-hybridized carbons (Fsp3) is 0.267. The standard InChI is InChI=1S/C15H17N3O/c19-15(7-6-13-4-2-1-3-5-13)18-9-8-14-10-16-12-17-11-14/h1-5,10-12H,6-9H2,(H,18,19). The van der Waals surface area contributed by atoms with Gasteiger partial charge in [-0.2, -0.15) is 0 Å². The van der Waals surface area contributed by atoms with Gasteiger partial charge in [0.15, 0.2) is 0 Å². The first kappa shape index (κ1) is 13.2. The van der Waals surface area contributed by atoms with Crippen LogP contribution in [0.15, 0.2) is 49.1 Å². The molecule has 19 heavy (non-hydrogen) atoms. The number of carbonyl (C=O) groups excluding carboxylic acids is 1. The van der Waals surface area contributed by atoms with Crippen LogP contribution in [0.25, 0.3) is 0 Å². The van der Waals surface area contributed by atoms with Crippen LogP contribution in [-0.2, 0) is 17.6 Å². The quantitative estimate of drug-likeness (QED) is 0.856. The molecule has 1 heterocycles. The SMILES string of the molecule is O=C(CCc1ccccc1)NCCc1cncnc1. The smallest absolute Gasteiger partial charge is 0.220 e. The van der Waals surface area contributed by atoms with Crippen molar-refractivity contribution in [2.45, 2.75) is 19.3 Å². The van der Waals surface area contributed by atoms with E-state index in [-0.39, 0.29) is 5.91 Å². The van der Waals surface area contributed by atoms with E-state index in [4.69, 9.17) is 0 Å². The fourth-order valence-corrected chi connectivity index (χ4v) is 1.80. The summed E-state index contributed by atoms with van der Waals surface area (Å²) >= 11 is 0. The molecule has 1 aromatic heterocycles. The number of hydrogen-bond acceptors (Lipinski definition) is 3. The van der Waals surface area contributed by atoms with Crippen LogP contribution in [0.3, 0.4) is 0 Å². The van der Waals surface area contributed by atoms with E-state index < -0.39 is 0 Å². The van der Waals surface area contributed by atoms with Gasteiger partial charge in [0.05, 0.1) is 0 Å². The molecule has 0 aliphatic heterocycles. The molecular weight excluding hydrogens is 238 g/mol. The van der Waals surface area contributed by atoms with Gasteiger partial charge in [-0.15, -0.1) is 0 Å². The lowest BCUT2D eigenvalue weighted by Crippen LogP contribution is -2.25. The van der Waals surface area contributed by atoms with Crippen LogP contribution in [0.2, 0.25) is 0 Å². The van der Waals surface area contributed by atoms with E-state index >= 15 is 0 Å². The Labute approximate surface area is 112 Å². The van der Waals surface area contributed by atoms with E-state index in [9.17, 15) is 4.79 Å². The lowest BCUT2D eigenvalue weighted by molar-refractivity contribution is -0.121. The van der Waals surface area contributed by atoms with Crippen molar-refractivity contribution in [3.8, 4) is 0 Å². The molecule has 4 nitrogen and oxygen atoms in total. The van der Waals surface area contributed by atoms with Gasteiger partial charge < -0.3 is 5.32 Å². The van der Waals surface area contributed by atoms with E-state index in [1.165, 1.54) is 11.9 Å². The predicted molar refractivity (Wildman–Crippen MR) is 73.5 cm³/mol. The van der Waals surface area contributed by atoms with Gasteiger partial charge in [-0.3, -0.25) is 4.79 Å². The molecule has 0 saturated carbocycles. The maximum Gasteiger partial charge on any atom is 0.220 e. The highest BCUT2D eigenvalue weighted by Crippen LogP contribution is 2.02. The first-order valence-electron chi connectivity index (χ1n) is 6.39. The molecule has 1 N–H and O–H groups in total. The fourth-order valence-electron chi connectivity index (χ4n) is 1.80. The van der Waals surface area contributed by atoms with E-state index in [0.29, 0.717) is 13.0 Å². The van der Waals surface area contributed by atoms with Gasteiger partial charge in [0.1, 0.15) is 6.33 Å². The summed E-state index contributed by atoms with van der Waals surface area (Å²) in [6, 6.07) is 10.0. The number of nitrogens with one attached hydrogen (secondary N) is 1. The molecular formula is C15H17N3O. The molecule has 0 radical (unpaired) electrons. The Bertz CT molecular complexity index is 499. The molecule has 2 aromatic rings. The molecule has 98 valence electrons. The van der Waals surface area contributed by atoms with Crippen LogP contribution in [0.5, 0.6) is 0 Å². The Kier molecular flexibility index (Phi) is 5.05. The van der Waals surface area contributed by atoms with Crippen LogP contribution in [0.1, 0.15) is 17.5 Å². The van der Waals surface area contributed by atoms with E-state index in [1.54, 1.807) is 12.4 Å². The van der Waals surface area contributed by atoms with E-state index in [2.05, 4.69) is 15.3 Å². The molecule has 0 aliphatic rings. The van der Waals surface area contributed by atoms with Crippen molar-refractivity contribution in [1.29, 1.82) is 0 Å². The summed E-state index contributed by atoms with van der Waals surface area (Å²) in [5.41, 5.74) is 2.22. The van der Waals surface area contributed by atoms with Gasteiger partial charge >= 0.3 is 0 Å². The van der Waals surface area contributed by atoms with Crippen LogP contribution in [0, 0.1) is 0 Å². The van der Waals surface area contributed by atoms with Crippen LogP contribution in [-0.4, -0.2) is 22.4 Å². The van der Waals surface area contributed by atoms with Gasteiger partial charge in [0.2, 0.25) is 5.91 Å². The Balaban J connectivity index is 1.65. The zero-order chi connectivity index (χ0) is 13.3. The number of hydrogen-bond donors (Lipinski definition) is 1. The monoisotopic (exact) mass is 255 g/mol. The van der Waals surface area contributed by atoms with Gasteiger partial charge in [-0.25, -0.2) is 9.97 Å². The summed E-state index contributed by atoms with van der Waals surface area (Å²) in [4.78, 5) is 19.5. The minimum Gasteiger partial charge on any atom is -0.356 e. The molecule has 1 amide bonds. The third-order valence-electron chi connectivity index (χ3n) is 2.83. The summed E-state index contributed by atoms with van der Waals surface area (Å²) in [6.45, 7) is 0.626. The van der Waals surface area contributed by atoms with Crippen LogP contribution >= 0.6 is 0 Å². The van der Waals surface area contributed by atoms with Gasteiger partial charge in [-0.05, 0) is 24.0 Å². The van der Waals surface area contributed by atoms with Crippen molar-refractivity contribution >= 4 is 5.91 Å². The Morgan fingerprint density at radius 1 is 1.00 bits per heavy atom. The molecule has 0 unspecified atom stereocenters. The maximum absolute atomic E-state index is 11.7. The summed E-state index contributed by atoms with van der Waals surface area (Å²) in [5, 5.41) is 2.91. The number of carbonyl (C=O) groups is 1. The Hall–Kier alpha value is -2.23. The van der Waals surface area contributed by atoms with Crippen molar-refractivity contribution in [3.63, 3.8) is 0 Å². The Morgan fingerprint density at radius 3 is 2.47 bits per heavy atom. The van der Waals surface area contributed by atoms with Crippen molar-refractivity contribution in [1.82, 2.24) is 15.3 Å². The third kappa shape index (κ3) is 4.87. The number of rotatable bonds is 6. The Morgan fingerprint density at radius 2 is 1.74 bits per heavy atom. The van der Waals surface area contributed by atoms with Crippen LogP contribution in [0.4, 0.5) is 0 Å². The lowest BCUT2D eigenvalue weighted by atomic mass is 10.1. The summed E-state index contributed by atoms with van der Waals surface area (Å²) < 4.78 is 0. The van der Waals surface area contributed by atoms with E-state index in [0.717, 1.165) is 18.4 Å². The first-order valence-corrected chi connectivity index (χ1v) is 6.39. The molecule has 0 atom stereocenters. The lowest BCUT2D eigenvalue weighted by Gasteiger charge is -2.05.